The van der Waals surface area contributed by atoms with Gasteiger partial charge in [0.25, 0.3) is 5.69 Å². The van der Waals surface area contributed by atoms with Crippen molar-refractivity contribution in [3.63, 3.8) is 0 Å². The fraction of sp³-hybridized carbons (Fsp3) is 0.500. The Morgan fingerprint density at radius 1 is 1.57 bits per heavy atom. The van der Waals surface area contributed by atoms with Crippen LogP contribution in [0.4, 0.5) is 11.4 Å². The van der Waals surface area contributed by atoms with E-state index in [1.54, 1.807) is 6.92 Å². The van der Waals surface area contributed by atoms with Gasteiger partial charge in [0.2, 0.25) is 0 Å². The van der Waals surface area contributed by atoms with Crippen LogP contribution in [-0.2, 0) is 16.1 Å². The highest BCUT2D eigenvalue weighted by atomic mass is 16.6. The van der Waals surface area contributed by atoms with Crippen LogP contribution in [0.5, 0.6) is 0 Å². The van der Waals surface area contributed by atoms with E-state index >= 15 is 0 Å². The monoisotopic (exact) mass is 293 g/mol. The first-order valence-electron chi connectivity index (χ1n) is 6.96. The Balaban J connectivity index is 2.15. The van der Waals surface area contributed by atoms with Crippen molar-refractivity contribution in [2.75, 3.05) is 18.9 Å². The van der Waals surface area contributed by atoms with E-state index in [1.165, 1.54) is 18.2 Å². The van der Waals surface area contributed by atoms with Crippen molar-refractivity contribution in [1.82, 2.24) is 4.90 Å². The zero-order valence-corrected chi connectivity index (χ0v) is 11.9. The summed E-state index contributed by atoms with van der Waals surface area (Å²) in [5, 5.41) is 10.8. The van der Waals surface area contributed by atoms with E-state index in [-0.39, 0.29) is 17.7 Å². The van der Waals surface area contributed by atoms with Crippen molar-refractivity contribution >= 4 is 17.3 Å². The quantitative estimate of drug-likeness (QED) is 0.384. The zero-order valence-electron chi connectivity index (χ0n) is 11.9. The van der Waals surface area contributed by atoms with Crippen LogP contribution in [-0.4, -0.2) is 35.0 Å². The molecule has 7 heteroatoms. The topological polar surface area (TPSA) is 98.7 Å². The molecule has 1 aliphatic heterocycles. The lowest BCUT2D eigenvalue weighted by atomic mass is 10.1. The molecule has 21 heavy (non-hydrogen) atoms. The number of nitro benzene ring substituents is 1. The van der Waals surface area contributed by atoms with Gasteiger partial charge in [-0.3, -0.25) is 19.8 Å². The summed E-state index contributed by atoms with van der Waals surface area (Å²) >= 11 is 0. The first-order chi connectivity index (χ1) is 10.0. The lowest BCUT2D eigenvalue weighted by molar-refractivity contribution is -0.384. The summed E-state index contributed by atoms with van der Waals surface area (Å²) in [5.74, 6) is -0.237. The fourth-order valence-corrected chi connectivity index (χ4v) is 2.58. The number of nitro groups is 1. The summed E-state index contributed by atoms with van der Waals surface area (Å²) in [7, 11) is 0. The minimum absolute atomic E-state index is 0.00563. The number of ether oxygens (including phenoxy) is 1. The molecular weight excluding hydrogens is 274 g/mol. The van der Waals surface area contributed by atoms with E-state index in [0.717, 1.165) is 19.4 Å². The number of hydrogen-bond donors (Lipinski definition) is 1. The van der Waals surface area contributed by atoms with Gasteiger partial charge in [0.1, 0.15) is 6.04 Å². The molecule has 2 N–H and O–H groups in total. The third-order valence-corrected chi connectivity index (χ3v) is 3.63. The molecule has 1 heterocycles. The zero-order chi connectivity index (χ0) is 15.4. The van der Waals surface area contributed by atoms with Gasteiger partial charge in [0.15, 0.2) is 0 Å². The van der Waals surface area contributed by atoms with Gasteiger partial charge in [-0.1, -0.05) is 0 Å². The van der Waals surface area contributed by atoms with Crippen LogP contribution < -0.4 is 5.73 Å². The number of nitrogens with two attached hydrogens (primary N) is 1. The first kappa shape index (κ1) is 15.2. The molecule has 1 aliphatic rings. The second-order valence-electron chi connectivity index (χ2n) is 5.02. The molecule has 1 saturated heterocycles. The van der Waals surface area contributed by atoms with Crippen molar-refractivity contribution in [1.29, 1.82) is 0 Å². The molecule has 1 aromatic carbocycles. The number of nitrogens with zero attached hydrogens (tertiary/aromatic N) is 2. The van der Waals surface area contributed by atoms with E-state index in [2.05, 4.69) is 0 Å². The van der Waals surface area contributed by atoms with Crippen LogP contribution in [0, 0.1) is 10.1 Å². The van der Waals surface area contributed by atoms with E-state index in [1.807, 2.05) is 4.90 Å². The third kappa shape index (κ3) is 3.49. The molecule has 1 fully saturated rings. The second kappa shape index (κ2) is 6.53. The molecule has 7 nitrogen and oxygen atoms in total. The molecule has 114 valence electrons. The average molecular weight is 293 g/mol. The summed E-state index contributed by atoms with van der Waals surface area (Å²) < 4.78 is 5.07. The number of hydrogen-bond acceptors (Lipinski definition) is 6. The number of rotatable bonds is 5. The Morgan fingerprint density at radius 3 is 3.00 bits per heavy atom. The number of likely N-dealkylation sites (tertiary alicyclic amines) is 1. The van der Waals surface area contributed by atoms with Crippen LogP contribution in [0.15, 0.2) is 18.2 Å². The summed E-state index contributed by atoms with van der Waals surface area (Å²) in [6.45, 7) is 3.29. The van der Waals surface area contributed by atoms with E-state index in [4.69, 9.17) is 10.5 Å². The molecule has 1 unspecified atom stereocenters. The minimum Gasteiger partial charge on any atom is -0.465 e. The Kier molecular flexibility index (Phi) is 4.74. The van der Waals surface area contributed by atoms with Crippen LogP contribution in [0.1, 0.15) is 25.3 Å². The van der Waals surface area contributed by atoms with Crippen molar-refractivity contribution < 1.29 is 14.5 Å². The van der Waals surface area contributed by atoms with E-state index < -0.39 is 4.92 Å². The lowest BCUT2D eigenvalue weighted by Gasteiger charge is -2.23. The van der Waals surface area contributed by atoms with Gasteiger partial charge in [-0.2, -0.15) is 0 Å². The Morgan fingerprint density at radius 2 is 2.33 bits per heavy atom. The molecule has 2 rings (SSSR count). The molecular formula is C14H19N3O4. The maximum atomic E-state index is 11.9. The first-order valence-corrected chi connectivity index (χ1v) is 6.96. The molecule has 0 spiro atoms. The maximum Gasteiger partial charge on any atom is 0.323 e. The van der Waals surface area contributed by atoms with Gasteiger partial charge in [0.05, 0.1) is 11.5 Å². The SMILES string of the molecule is CCOC(=O)C1CCCN1Cc1cc([N+](=O)[O-])ccc1N. The molecule has 0 saturated carbocycles. The summed E-state index contributed by atoms with van der Waals surface area (Å²) in [6.07, 6.45) is 1.64. The van der Waals surface area contributed by atoms with Crippen molar-refractivity contribution in [2.45, 2.75) is 32.4 Å². The highest BCUT2D eigenvalue weighted by Crippen LogP contribution is 2.26. The van der Waals surface area contributed by atoms with Gasteiger partial charge < -0.3 is 10.5 Å². The lowest BCUT2D eigenvalue weighted by Crippen LogP contribution is -2.37. The van der Waals surface area contributed by atoms with Crippen LogP contribution in [0.3, 0.4) is 0 Å². The maximum absolute atomic E-state index is 11.9. The Labute approximate surface area is 122 Å². The molecule has 0 aromatic heterocycles. The van der Waals surface area contributed by atoms with Crippen LogP contribution in [0.2, 0.25) is 0 Å². The molecule has 0 bridgehead atoms. The summed E-state index contributed by atoms with van der Waals surface area (Å²) in [6, 6.07) is 4.09. The number of benzene rings is 1. The summed E-state index contributed by atoms with van der Waals surface area (Å²) in [4.78, 5) is 24.3. The van der Waals surface area contributed by atoms with Crippen LogP contribution in [0.25, 0.3) is 0 Å². The Hall–Kier alpha value is -2.15. The Bertz CT molecular complexity index is 547. The standard InChI is InChI=1S/C14H19N3O4/c1-2-21-14(18)13-4-3-7-16(13)9-10-8-11(17(19)20)5-6-12(10)15/h5-6,8,13H,2-4,7,9,15H2,1H3. The fourth-order valence-electron chi connectivity index (χ4n) is 2.58. The van der Waals surface area contributed by atoms with Gasteiger partial charge >= 0.3 is 5.97 Å². The van der Waals surface area contributed by atoms with E-state index in [9.17, 15) is 14.9 Å². The number of nitrogen functional groups attached to an aromatic ring is 1. The van der Waals surface area contributed by atoms with Crippen molar-refractivity contribution in [3.05, 3.63) is 33.9 Å². The number of anilines is 1. The average Bonchev–Trinajstić information content (AvgIpc) is 2.89. The van der Waals surface area contributed by atoms with Gasteiger partial charge in [-0.15, -0.1) is 0 Å². The predicted molar refractivity (Wildman–Crippen MR) is 77.6 cm³/mol. The normalized spacial score (nSPS) is 18.6. The number of esters is 1. The van der Waals surface area contributed by atoms with Gasteiger partial charge in [-0.25, -0.2) is 0 Å². The highest BCUT2D eigenvalue weighted by molar-refractivity contribution is 5.76. The summed E-state index contributed by atoms with van der Waals surface area (Å²) in [5.41, 5.74) is 7.05. The van der Waals surface area contributed by atoms with Crippen LogP contribution >= 0.6 is 0 Å². The smallest absolute Gasteiger partial charge is 0.323 e. The van der Waals surface area contributed by atoms with Crippen molar-refractivity contribution in [3.8, 4) is 0 Å². The number of carbonyl (C=O) groups is 1. The third-order valence-electron chi connectivity index (χ3n) is 3.63. The molecule has 1 aromatic rings. The highest BCUT2D eigenvalue weighted by Gasteiger charge is 2.32. The van der Waals surface area contributed by atoms with Crippen molar-refractivity contribution in [2.24, 2.45) is 0 Å². The molecule has 0 radical (unpaired) electrons. The molecule has 0 amide bonds. The van der Waals surface area contributed by atoms with Gasteiger partial charge in [-0.05, 0) is 37.9 Å². The van der Waals surface area contributed by atoms with Gasteiger partial charge in [0, 0.05) is 24.4 Å². The van der Waals surface area contributed by atoms with E-state index in [0.29, 0.717) is 24.4 Å². The number of carbonyl (C=O) groups excluding carboxylic acids is 1. The molecule has 1 atom stereocenters. The molecule has 0 aliphatic carbocycles. The predicted octanol–water partition coefficient (Wildman–Crippen LogP) is 1.70. The largest absolute Gasteiger partial charge is 0.465 e. The second-order valence-corrected chi connectivity index (χ2v) is 5.02. The number of non-ortho nitro benzene ring substituents is 1. The minimum atomic E-state index is -0.449.